The maximum absolute atomic E-state index is 2.00. The first-order valence-electron chi connectivity index (χ1n) is 6.27. The average Bonchev–Trinajstić information content (AvgIpc) is 2.58. The SMILES string of the molecule is C1CC[C@@]23CCC[NH+]2CCC[C@H]3C1. The van der Waals surface area contributed by atoms with Crippen molar-refractivity contribution < 1.29 is 4.90 Å². The lowest BCUT2D eigenvalue weighted by atomic mass is 9.67. The van der Waals surface area contributed by atoms with Crippen LogP contribution in [0.3, 0.4) is 0 Å². The minimum Gasteiger partial charge on any atom is -0.330 e. The molecule has 0 aromatic carbocycles. The monoisotopic (exact) mass is 180 g/mol. The lowest BCUT2D eigenvalue weighted by molar-refractivity contribution is -0.951. The molecule has 1 nitrogen and oxygen atoms in total. The van der Waals surface area contributed by atoms with Gasteiger partial charge in [-0.1, -0.05) is 6.42 Å². The van der Waals surface area contributed by atoms with E-state index in [-0.39, 0.29) is 0 Å². The molecule has 3 fully saturated rings. The number of nitrogens with one attached hydrogen (secondary N) is 1. The van der Waals surface area contributed by atoms with Crippen LogP contribution in [0, 0.1) is 5.92 Å². The van der Waals surface area contributed by atoms with Gasteiger partial charge in [0.1, 0.15) is 5.54 Å². The molecule has 13 heavy (non-hydrogen) atoms. The summed E-state index contributed by atoms with van der Waals surface area (Å²) in [7, 11) is 0. The first-order valence-corrected chi connectivity index (χ1v) is 6.27. The predicted molar refractivity (Wildman–Crippen MR) is 53.9 cm³/mol. The Morgan fingerprint density at radius 3 is 2.62 bits per heavy atom. The highest BCUT2D eigenvalue weighted by atomic mass is 15.2. The van der Waals surface area contributed by atoms with Crippen LogP contribution in [0.2, 0.25) is 0 Å². The van der Waals surface area contributed by atoms with Crippen LogP contribution in [0.4, 0.5) is 0 Å². The maximum atomic E-state index is 2.00. The van der Waals surface area contributed by atoms with Gasteiger partial charge in [0.05, 0.1) is 13.1 Å². The van der Waals surface area contributed by atoms with Gasteiger partial charge in [-0.05, 0) is 25.7 Å². The van der Waals surface area contributed by atoms with Crippen molar-refractivity contribution in [1.29, 1.82) is 0 Å². The number of hydrogen-bond donors (Lipinski definition) is 1. The van der Waals surface area contributed by atoms with Crippen LogP contribution < -0.4 is 4.90 Å². The van der Waals surface area contributed by atoms with Gasteiger partial charge in [-0.25, -0.2) is 0 Å². The Labute approximate surface area is 81.5 Å². The summed E-state index contributed by atoms with van der Waals surface area (Å²) in [5.41, 5.74) is 0.802. The van der Waals surface area contributed by atoms with Crippen molar-refractivity contribution in [3.05, 3.63) is 0 Å². The minimum absolute atomic E-state index is 0.802. The van der Waals surface area contributed by atoms with Crippen LogP contribution in [0.1, 0.15) is 51.4 Å². The molecule has 0 bridgehead atoms. The van der Waals surface area contributed by atoms with E-state index < -0.39 is 0 Å². The molecule has 2 heterocycles. The summed E-state index contributed by atoms with van der Waals surface area (Å²) in [5.74, 6) is 1.12. The molecule has 74 valence electrons. The summed E-state index contributed by atoms with van der Waals surface area (Å²) in [6, 6.07) is 0. The van der Waals surface area contributed by atoms with Gasteiger partial charge in [0, 0.05) is 25.2 Å². The summed E-state index contributed by atoms with van der Waals surface area (Å²) >= 11 is 0. The fraction of sp³-hybridized carbons (Fsp3) is 1.00. The second-order valence-electron chi connectivity index (χ2n) is 5.45. The van der Waals surface area contributed by atoms with Crippen molar-refractivity contribution in [2.75, 3.05) is 13.1 Å². The third-order valence-corrected chi connectivity index (χ3v) is 5.04. The van der Waals surface area contributed by atoms with E-state index in [4.69, 9.17) is 0 Å². The van der Waals surface area contributed by atoms with Crippen molar-refractivity contribution in [1.82, 2.24) is 0 Å². The lowest BCUT2D eigenvalue weighted by Gasteiger charge is -2.48. The largest absolute Gasteiger partial charge is 0.330 e. The van der Waals surface area contributed by atoms with Crippen molar-refractivity contribution in [2.24, 2.45) is 5.92 Å². The second kappa shape index (κ2) is 2.98. The van der Waals surface area contributed by atoms with E-state index in [9.17, 15) is 0 Å². The highest BCUT2D eigenvalue weighted by molar-refractivity contribution is 4.94. The van der Waals surface area contributed by atoms with Crippen molar-refractivity contribution in [3.8, 4) is 0 Å². The Morgan fingerprint density at radius 1 is 0.846 bits per heavy atom. The Balaban J connectivity index is 1.89. The van der Waals surface area contributed by atoms with E-state index >= 15 is 0 Å². The van der Waals surface area contributed by atoms with E-state index in [0.717, 1.165) is 11.5 Å². The molecule has 1 aliphatic carbocycles. The Morgan fingerprint density at radius 2 is 1.62 bits per heavy atom. The van der Waals surface area contributed by atoms with E-state index in [1.807, 2.05) is 4.90 Å². The van der Waals surface area contributed by atoms with Crippen LogP contribution in [-0.2, 0) is 0 Å². The number of quaternary nitrogens is 1. The van der Waals surface area contributed by atoms with Gasteiger partial charge < -0.3 is 4.90 Å². The molecule has 3 rings (SSSR count). The molecule has 1 N–H and O–H groups in total. The van der Waals surface area contributed by atoms with Gasteiger partial charge in [-0.3, -0.25) is 0 Å². The smallest absolute Gasteiger partial charge is 0.101 e. The molecule has 2 aliphatic heterocycles. The topological polar surface area (TPSA) is 4.44 Å². The summed E-state index contributed by atoms with van der Waals surface area (Å²) in [6.07, 6.45) is 12.3. The van der Waals surface area contributed by atoms with Gasteiger partial charge in [0.25, 0.3) is 0 Å². The van der Waals surface area contributed by atoms with Gasteiger partial charge in [-0.2, -0.15) is 0 Å². The van der Waals surface area contributed by atoms with Gasteiger partial charge in [-0.15, -0.1) is 0 Å². The summed E-state index contributed by atoms with van der Waals surface area (Å²) in [6.45, 7) is 2.99. The van der Waals surface area contributed by atoms with Gasteiger partial charge in [0.2, 0.25) is 0 Å². The van der Waals surface area contributed by atoms with Crippen LogP contribution in [0.25, 0.3) is 0 Å². The molecule has 1 saturated carbocycles. The van der Waals surface area contributed by atoms with E-state index in [1.165, 1.54) is 38.8 Å². The summed E-state index contributed by atoms with van der Waals surface area (Å²) in [4.78, 5) is 2.00. The van der Waals surface area contributed by atoms with Crippen LogP contribution in [0.15, 0.2) is 0 Å². The standard InChI is InChI=1S/C12H21N/c1-2-7-12-8-4-10-13(12)9-3-6-11(12)5-1/h11H,1-10H2/p+1/t11-,12+/m1/s1. The van der Waals surface area contributed by atoms with Crippen LogP contribution >= 0.6 is 0 Å². The Kier molecular flexibility index (Phi) is 1.90. The lowest BCUT2D eigenvalue weighted by Crippen LogP contribution is -3.20. The predicted octanol–water partition coefficient (Wildman–Crippen LogP) is 1.39. The molecule has 3 aliphatic rings. The quantitative estimate of drug-likeness (QED) is 0.574. The molecule has 0 radical (unpaired) electrons. The molecule has 3 atom stereocenters. The average molecular weight is 180 g/mol. The minimum atomic E-state index is 0.802. The Bertz CT molecular complexity index is 199. The molecule has 0 aromatic rings. The van der Waals surface area contributed by atoms with Crippen molar-refractivity contribution in [3.63, 3.8) is 0 Å². The fourth-order valence-electron chi connectivity index (χ4n) is 4.51. The van der Waals surface area contributed by atoms with Crippen LogP contribution in [0.5, 0.6) is 0 Å². The third-order valence-electron chi connectivity index (χ3n) is 5.04. The molecule has 1 spiro atoms. The van der Waals surface area contributed by atoms with E-state index in [2.05, 4.69) is 0 Å². The highest BCUT2D eigenvalue weighted by Gasteiger charge is 2.53. The van der Waals surface area contributed by atoms with E-state index in [1.54, 1.807) is 25.7 Å². The normalized spacial score (nSPS) is 49.8. The summed E-state index contributed by atoms with van der Waals surface area (Å²) < 4.78 is 0. The summed E-state index contributed by atoms with van der Waals surface area (Å²) in [5, 5.41) is 0. The van der Waals surface area contributed by atoms with Crippen molar-refractivity contribution in [2.45, 2.75) is 56.9 Å². The molecule has 1 heteroatoms. The van der Waals surface area contributed by atoms with E-state index in [0.29, 0.717) is 0 Å². The maximum Gasteiger partial charge on any atom is 0.101 e. The third kappa shape index (κ3) is 1.09. The van der Waals surface area contributed by atoms with Crippen molar-refractivity contribution >= 4 is 0 Å². The number of piperidine rings is 1. The Hall–Kier alpha value is -0.0400. The second-order valence-corrected chi connectivity index (χ2v) is 5.45. The molecule has 2 saturated heterocycles. The highest BCUT2D eigenvalue weighted by Crippen LogP contribution is 2.41. The molecule has 0 aromatic heterocycles. The van der Waals surface area contributed by atoms with Crippen LogP contribution in [-0.4, -0.2) is 18.6 Å². The molecule has 0 amide bonds. The zero-order valence-corrected chi connectivity index (χ0v) is 8.65. The number of hydrogen-bond acceptors (Lipinski definition) is 0. The molecular weight excluding hydrogens is 158 g/mol. The fourth-order valence-corrected chi connectivity index (χ4v) is 4.51. The van der Waals surface area contributed by atoms with Gasteiger partial charge in [0.15, 0.2) is 0 Å². The zero-order valence-electron chi connectivity index (χ0n) is 8.65. The molecule has 1 unspecified atom stereocenters. The number of rotatable bonds is 0. The first-order chi connectivity index (χ1) is 6.42. The van der Waals surface area contributed by atoms with Gasteiger partial charge >= 0.3 is 0 Å². The first kappa shape index (κ1) is 8.28. The molecular formula is C12H22N+. The zero-order chi connectivity index (χ0) is 8.73.